The maximum absolute atomic E-state index is 12.4. The summed E-state index contributed by atoms with van der Waals surface area (Å²) in [5.41, 5.74) is 1.60. The van der Waals surface area contributed by atoms with Crippen molar-refractivity contribution >= 4 is 17.3 Å². The van der Waals surface area contributed by atoms with Gasteiger partial charge >= 0.3 is 5.97 Å². The standard InChI is InChI=1S/C22H20N4O4/c1-15-20(22(30)26(25-15)14-6-11-19(27)28)24-23-18-10-5-9-17(21(18)29)13-12-16-7-3-2-4-8-16/h2-5,7-10,25,29H,6,11,14H2,1H3,(H,27,28). The number of hydrogen-bond donors (Lipinski definition) is 3. The number of aliphatic carboxylic acids is 1. The van der Waals surface area contributed by atoms with E-state index in [2.05, 4.69) is 27.2 Å². The van der Waals surface area contributed by atoms with Gasteiger partial charge < -0.3 is 10.2 Å². The van der Waals surface area contributed by atoms with Crippen LogP contribution < -0.4 is 5.56 Å². The minimum atomic E-state index is -0.919. The maximum Gasteiger partial charge on any atom is 0.303 e. The van der Waals surface area contributed by atoms with Gasteiger partial charge in [0.25, 0.3) is 5.56 Å². The van der Waals surface area contributed by atoms with E-state index in [1.807, 2.05) is 30.3 Å². The zero-order chi connectivity index (χ0) is 21.5. The summed E-state index contributed by atoms with van der Waals surface area (Å²) in [6, 6.07) is 14.3. The molecule has 1 aromatic heterocycles. The topological polar surface area (TPSA) is 120 Å². The Hall–Kier alpha value is -4.12. The second-order valence-corrected chi connectivity index (χ2v) is 6.53. The molecule has 3 N–H and O–H groups in total. The van der Waals surface area contributed by atoms with Gasteiger partial charge in [0.2, 0.25) is 0 Å². The number of nitrogens with zero attached hydrogens (tertiary/aromatic N) is 3. The number of benzene rings is 2. The van der Waals surface area contributed by atoms with E-state index in [1.165, 1.54) is 4.68 Å². The molecule has 30 heavy (non-hydrogen) atoms. The fraction of sp³-hybridized carbons (Fsp3) is 0.182. The van der Waals surface area contributed by atoms with Crippen LogP contribution in [0.4, 0.5) is 11.4 Å². The van der Waals surface area contributed by atoms with Gasteiger partial charge in [-0.15, -0.1) is 10.2 Å². The van der Waals surface area contributed by atoms with Crippen LogP contribution in [0, 0.1) is 18.8 Å². The van der Waals surface area contributed by atoms with E-state index < -0.39 is 11.5 Å². The van der Waals surface area contributed by atoms with Crippen LogP contribution in [-0.4, -0.2) is 26.0 Å². The van der Waals surface area contributed by atoms with Gasteiger partial charge in [-0.05, 0) is 37.6 Å². The summed E-state index contributed by atoms with van der Waals surface area (Å²) in [6.45, 7) is 1.91. The van der Waals surface area contributed by atoms with E-state index in [0.29, 0.717) is 17.7 Å². The number of phenols is 1. The summed E-state index contributed by atoms with van der Waals surface area (Å²) in [7, 11) is 0. The number of carboxylic acid groups (broad SMARTS) is 1. The van der Waals surface area contributed by atoms with Crippen molar-refractivity contribution < 1.29 is 15.0 Å². The van der Waals surface area contributed by atoms with Crippen molar-refractivity contribution in [2.75, 3.05) is 0 Å². The number of hydrogen-bond acceptors (Lipinski definition) is 5. The number of rotatable bonds is 6. The van der Waals surface area contributed by atoms with Crippen LogP contribution >= 0.6 is 0 Å². The molecule has 0 aliphatic carbocycles. The Labute approximate surface area is 172 Å². The fourth-order valence-electron chi connectivity index (χ4n) is 2.74. The summed E-state index contributed by atoms with van der Waals surface area (Å²) in [5, 5.41) is 30.0. The van der Waals surface area contributed by atoms with Crippen molar-refractivity contribution in [2.45, 2.75) is 26.3 Å². The quantitative estimate of drug-likeness (QED) is 0.427. The first-order chi connectivity index (χ1) is 14.5. The Kier molecular flexibility index (Phi) is 6.45. The Balaban J connectivity index is 1.82. The molecular formula is C22H20N4O4. The van der Waals surface area contributed by atoms with Gasteiger partial charge in [-0.3, -0.25) is 19.4 Å². The number of carboxylic acids is 1. The minimum Gasteiger partial charge on any atom is -0.504 e. The molecule has 0 unspecified atom stereocenters. The molecule has 0 fully saturated rings. The summed E-state index contributed by atoms with van der Waals surface area (Å²) < 4.78 is 1.30. The highest BCUT2D eigenvalue weighted by Crippen LogP contribution is 2.31. The Morgan fingerprint density at radius 1 is 1.10 bits per heavy atom. The Bertz CT molecular complexity index is 1200. The molecule has 152 valence electrons. The SMILES string of the molecule is Cc1[nH]n(CCCC(=O)O)c(=O)c1N=Nc1cccc(C#Cc2ccccc2)c1O. The van der Waals surface area contributed by atoms with Crippen molar-refractivity contribution in [3.8, 4) is 17.6 Å². The van der Waals surface area contributed by atoms with Gasteiger partial charge in [0.15, 0.2) is 11.4 Å². The van der Waals surface area contributed by atoms with Gasteiger partial charge in [-0.25, -0.2) is 0 Å². The fourth-order valence-corrected chi connectivity index (χ4v) is 2.74. The number of aromatic hydroxyl groups is 1. The third-order valence-electron chi connectivity index (χ3n) is 4.27. The summed E-state index contributed by atoms with van der Waals surface area (Å²) in [4.78, 5) is 23.1. The van der Waals surface area contributed by atoms with Crippen LogP contribution in [-0.2, 0) is 11.3 Å². The van der Waals surface area contributed by atoms with Crippen molar-refractivity contribution in [1.29, 1.82) is 0 Å². The molecule has 0 amide bonds. The number of para-hydroxylation sites is 1. The number of aromatic nitrogens is 2. The first-order valence-electron chi connectivity index (χ1n) is 9.27. The molecule has 1 heterocycles. The first kappa shape index (κ1) is 20.6. The number of aromatic amines is 1. The zero-order valence-electron chi connectivity index (χ0n) is 16.3. The van der Waals surface area contributed by atoms with Gasteiger partial charge in [0.1, 0.15) is 5.69 Å². The molecule has 3 aromatic rings. The Morgan fingerprint density at radius 2 is 1.87 bits per heavy atom. The van der Waals surface area contributed by atoms with Crippen molar-refractivity contribution in [3.05, 3.63) is 75.7 Å². The second-order valence-electron chi connectivity index (χ2n) is 6.53. The molecule has 2 aromatic carbocycles. The smallest absolute Gasteiger partial charge is 0.303 e. The van der Waals surface area contributed by atoms with Gasteiger partial charge in [-0.1, -0.05) is 36.1 Å². The molecule has 0 aliphatic rings. The molecule has 3 rings (SSSR count). The van der Waals surface area contributed by atoms with Gasteiger partial charge in [0.05, 0.1) is 11.3 Å². The third-order valence-corrected chi connectivity index (χ3v) is 4.27. The van der Waals surface area contributed by atoms with E-state index in [0.717, 1.165) is 5.56 Å². The summed E-state index contributed by atoms with van der Waals surface area (Å²) >= 11 is 0. The molecule has 8 nitrogen and oxygen atoms in total. The maximum atomic E-state index is 12.4. The lowest BCUT2D eigenvalue weighted by Gasteiger charge is -2.00. The lowest BCUT2D eigenvalue weighted by molar-refractivity contribution is -0.137. The Morgan fingerprint density at radius 3 is 2.60 bits per heavy atom. The lowest BCUT2D eigenvalue weighted by Crippen LogP contribution is -2.17. The van der Waals surface area contributed by atoms with Crippen LogP contribution in [0.15, 0.2) is 63.6 Å². The molecular weight excluding hydrogens is 384 g/mol. The van der Waals surface area contributed by atoms with Crippen LogP contribution in [0.5, 0.6) is 5.75 Å². The summed E-state index contributed by atoms with van der Waals surface area (Å²) in [5.74, 6) is 4.83. The zero-order valence-corrected chi connectivity index (χ0v) is 16.3. The van der Waals surface area contributed by atoms with Crippen molar-refractivity contribution in [2.24, 2.45) is 10.2 Å². The average molecular weight is 404 g/mol. The number of H-pyrrole nitrogens is 1. The van der Waals surface area contributed by atoms with Gasteiger partial charge in [-0.2, -0.15) is 0 Å². The van der Waals surface area contributed by atoms with Crippen molar-refractivity contribution in [3.63, 3.8) is 0 Å². The van der Waals surface area contributed by atoms with E-state index in [-0.39, 0.29) is 30.1 Å². The molecule has 0 atom stereocenters. The molecule has 8 heteroatoms. The number of phenolic OH excluding ortho intramolecular Hbond substituents is 1. The molecule has 0 saturated carbocycles. The van der Waals surface area contributed by atoms with E-state index >= 15 is 0 Å². The lowest BCUT2D eigenvalue weighted by atomic mass is 10.1. The summed E-state index contributed by atoms with van der Waals surface area (Å²) in [6.07, 6.45) is 0.279. The molecule has 0 spiro atoms. The molecule has 0 bridgehead atoms. The monoisotopic (exact) mass is 404 g/mol. The highest BCUT2D eigenvalue weighted by molar-refractivity contribution is 5.66. The minimum absolute atomic E-state index is 0.0357. The van der Waals surface area contributed by atoms with Crippen LogP contribution in [0.2, 0.25) is 0 Å². The predicted octanol–water partition coefficient (Wildman–Crippen LogP) is 3.87. The molecule has 0 aliphatic heterocycles. The highest BCUT2D eigenvalue weighted by Gasteiger charge is 2.12. The first-order valence-corrected chi connectivity index (χ1v) is 9.27. The number of carbonyl (C=O) groups is 1. The normalized spacial score (nSPS) is 10.7. The molecule has 0 radical (unpaired) electrons. The number of aryl methyl sites for hydroxylation is 2. The molecule has 0 saturated heterocycles. The largest absolute Gasteiger partial charge is 0.504 e. The highest BCUT2D eigenvalue weighted by atomic mass is 16.4. The predicted molar refractivity (Wildman–Crippen MR) is 111 cm³/mol. The van der Waals surface area contributed by atoms with E-state index in [1.54, 1.807) is 25.1 Å². The number of azo groups is 1. The average Bonchev–Trinajstić information content (AvgIpc) is 3.00. The van der Waals surface area contributed by atoms with Crippen molar-refractivity contribution in [1.82, 2.24) is 9.78 Å². The van der Waals surface area contributed by atoms with Crippen LogP contribution in [0.3, 0.4) is 0 Å². The number of nitrogens with one attached hydrogen (secondary N) is 1. The van der Waals surface area contributed by atoms with Crippen LogP contribution in [0.25, 0.3) is 0 Å². The van der Waals surface area contributed by atoms with Crippen LogP contribution in [0.1, 0.15) is 29.7 Å². The van der Waals surface area contributed by atoms with E-state index in [4.69, 9.17) is 5.11 Å². The van der Waals surface area contributed by atoms with E-state index in [9.17, 15) is 14.7 Å². The van der Waals surface area contributed by atoms with Gasteiger partial charge in [0, 0.05) is 18.5 Å². The second kappa shape index (κ2) is 9.39. The third kappa shape index (κ3) is 5.02.